The van der Waals surface area contributed by atoms with Crippen LogP contribution in [0.15, 0.2) is 0 Å². The van der Waals surface area contributed by atoms with Gasteiger partial charge in [-0.3, -0.25) is 4.79 Å². The number of hydrogen-bond donors (Lipinski definition) is 1. The second-order valence-electron chi connectivity index (χ2n) is 5.66. The average Bonchev–Trinajstić information content (AvgIpc) is 2.41. The van der Waals surface area contributed by atoms with Crippen molar-refractivity contribution < 1.29 is 29.5 Å². The van der Waals surface area contributed by atoms with E-state index in [4.69, 9.17) is 24.7 Å². The molecule has 1 spiro atoms. The normalized spacial score (nSPS) is 26.6. The van der Waals surface area contributed by atoms with Gasteiger partial charge in [-0.2, -0.15) is 9.78 Å². The number of carbonyl (C=O) groups is 1. The van der Waals surface area contributed by atoms with Gasteiger partial charge in [-0.1, -0.05) is 32.1 Å². The van der Waals surface area contributed by atoms with Gasteiger partial charge >= 0.3 is 5.97 Å². The van der Waals surface area contributed by atoms with Crippen molar-refractivity contribution in [1.82, 2.24) is 0 Å². The Morgan fingerprint density at radius 3 is 1.75 bits per heavy atom. The SMILES string of the molecule is O=C(O)C1COOC2(CCCCCCCCC2)OOC1. The summed E-state index contributed by atoms with van der Waals surface area (Å²) in [5, 5.41) is 8.94. The Labute approximate surface area is 119 Å². The van der Waals surface area contributed by atoms with E-state index in [1.165, 1.54) is 19.3 Å². The van der Waals surface area contributed by atoms with Crippen LogP contribution >= 0.6 is 0 Å². The Kier molecular flexibility index (Phi) is 6.22. The minimum atomic E-state index is -0.973. The summed E-state index contributed by atoms with van der Waals surface area (Å²) in [6, 6.07) is 0. The maximum atomic E-state index is 10.9. The summed E-state index contributed by atoms with van der Waals surface area (Å²) in [7, 11) is 0. The first-order valence-corrected chi connectivity index (χ1v) is 7.56. The molecule has 1 aliphatic heterocycles. The molecule has 0 bridgehead atoms. The van der Waals surface area contributed by atoms with Crippen LogP contribution in [0.4, 0.5) is 0 Å². The maximum absolute atomic E-state index is 10.9. The lowest BCUT2D eigenvalue weighted by Crippen LogP contribution is -2.41. The van der Waals surface area contributed by atoms with Crippen molar-refractivity contribution >= 4 is 5.97 Å². The van der Waals surface area contributed by atoms with Crippen LogP contribution in [0.2, 0.25) is 0 Å². The zero-order valence-corrected chi connectivity index (χ0v) is 11.8. The van der Waals surface area contributed by atoms with Crippen molar-refractivity contribution in [2.45, 2.75) is 63.6 Å². The topological polar surface area (TPSA) is 74.2 Å². The summed E-state index contributed by atoms with van der Waals surface area (Å²) in [6.07, 6.45) is 9.47. The molecule has 1 saturated carbocycles. The fourth-order valence-corrected chi connectivity index (χ4v) is 2.62. The Balaban J connectivity index is 1.91. The van der Waals surface area contributed by atoms with Crippen LogP contribution < -0.4 is 0 Å². The monoisotopic (exact) mass is 288 g/mol. The molecule has 116 valence electrons. The highest BCUT2D eigenvalue weighted by Gasteiger charge is 2.37. The third-order valence-electron chi connectivity index (χ3n) is 3.92. The number of aliphatic carboxylic acids is 1. The zero-order chi connectivity index (χ0) is 14.3. The summed E-state index contributed by atoms with van der Waals surface area (Å²) in [6.45, 7) is -0.0269. The van der Waals surface area contributed by atoms with Crippen molar-refractivity contribution in [2.24, 2.45) is 5.92 Å². The first kappa shape index (κ1) is 15.7. The quantitative estimate of drug-likeness (QED) is 0.748. The predicted octanol–water partition coefficient (Wildman–Crippen LogP) is 2.82. The van der Waals surface area contributed by atoms with Gasteiger partial charge < -0.3 is 5.11 Å². The molecule has 1 aliphatic carbocycles. The van der Waals surface area contributed by atoms with E-state index in [2.05, 4.69) is 0 Å². The van der Waals surface area contributed by atoms with Crippen molar-refractivity contribution in [1.29, 1.82) is 0 Å². The maximum Gasteiger partial charge on any atom is 0.311 e. The van der Waals surface area contributed by atoms with Crippen LogP contribution in [0.25, 0.3) is 0 Å². The van der Waals surface area contributed by atoms with Gasteiger partial charge in [0, 0.05) is 12.8 Å². The van der Waals surface area contributed by atoms with Gasteiger partial charge in [0.15, 0.2) is 0 Å². The Bertz CT molecular complexity index is 284. The van der Waals surface area contributed by atoms with Crippen LogP contribution in [-0.4, -0.2) is 30.1 Å². The first-order chi connectivity index (χ1) is 9.72. The molecule has 0 radical (unpaired) electrons. The van der Waals surface area contributed by atoms with E-state index in [0.29, 0.717) is 12.8 Å². The lowest BCUT2D eigenvalue weighted by atomic mass is 9.97. The summed E-state index contributed by atoms with van der Waals surface area (Å²) in [5.41, 5.74) is 0. The van der Waals surface area contributed by atoms with E-state index in [0.717, 1.165) is 25.7 Å². The van der Waals surface area contributed by atoms with E-state index in [9.17, 15) is 4.79 Å². The molecule has 0 unspecified atom stereocenters. The van der Waals surface area contributed by atoms with Crippen LogP contribution in [0.1, 0.15) is 57.8 Å². The van der Waals surface area contributed by atoms with E-state index in [-0.39, 0.29) is 13.2 Å². The predicted molar refractivity (Wildman–Crippen MR) is 69.5 cm³/mol. The molecule has 1 heterocycles. The Morgan fingerprint density at radius 1 is 0.850 bits per heavy atom. The summed E-state index contributed by atoms with van der Waals surface area (Å²) < 4.78 is 0. The van der Waals surface area contributed by atoms with Crippen LogP contribution in [0.5, 0.6) is 0 Å². The largest absolute Gasteiger partial charge is 0.481 e. The highest BCUT2D eigenvalue weighted by Crippen LogP contribution is 2.31. The molecule has 2 fully saturated rings. The molecular formula is C14H24O6. The van der Waals surface area contributed by atoms with Gasteiger partial charge in [-0.25, -0.2) is 9.78 Å². The van der Waals surface area contributed by atoms with Crippen LogP contribution in [0, 0.1) is 5.92 Å². The second kappa shape index (κ2) is 7.93. The fraction of sp³-hybridized carbons (Fsp3) is 0.929. The van der Waals surface area contributed by atoms with E-state index in [1.54, 1.807) is 0 Å². The summed E-state index contributed by atoms with van der Waals surface area (Å²) in [4.78, 5) is 32.0. The Hall–Kier alpha value is -0.690. The first-order valence-electron chi connectivity index (χ1n) is 7.56. The molecule has 2 rings (SSSR count). The lowest BCUT2D eigenvalue weighted by molar-refractivity contribution is -0.529. The van der Waals surface area contributed by atoms with E-state index in [1.807, 2.05) is 0 Å². The highest BCUT2D eigenvalue weighted by atomic mass is 17.3. The number of hydrogen-bond acceptors (Lipinski definition) is 5. The molecule has 2 aliphatic rings. The molecule has 6 heteroatoms. The van der Waals surface area contributed by atoms with Gasteiger partial charge in [0.25, 0.3) is 0 Å². The van der Waals surface area contributed by atoms with Gasteiger partial charge in [0.1, 0.15) is 5.92 Å². The fourth-order valence-electron chi connectivity index (χ4n) is 2.62. The molecule has 1 N–H and O–H groups in total. The van der Waals surface area contributed by atoms with Crippen LogP contribution in [0.3, 0.4) is 0 Å². The molecule has 0 aromatic heterocycles. The molecule has 0 aromatic rings. The molecule has 0 aromatic carbocycles. The minimum absolute atomic E-state index is 0.0134. The number of carboxylic acids is 1. The summed E-state index contributed by atoms with van der Waals surface area (Å²) in [5.74, 6) is -2.60. The minimum Gasteiger partial charge on any atom is -0.481 e. The van der Waals surface area contributed by atoms with E-state index >= 15 is 0 Å². The third-order valence-corrected chi connectivity index (χ3v) is 3.92. The lowest BCUT2D eigenvalue weighted by Gasteiger charge is -2.33. The highest BCUT2D eigenvalue weighted by molar-refractivity contribution is 5.70. The zero-order valence-electron chi connectivity index (χ0n) is 11.8. The molecule has 1 saturated heterocycles. The number of rotatable bonds is 1. The van der Waals surface area contributed by atoms with Gasteiger partial charge in [-0.05, 0) is 12.8 Å². The average molecular weight is 288 g/mol. The van der Waals surface area contributed by atoms with E-state index < -0.39 is 17.7 Å². The Morgan fingerprint density at radius 2 is 1.30 bits per heavy atom. The smallest absolute Gasteiger partial charge is 0.311 e. The van der Waals surface area contributed by atoms with Gasteiger partial charge in [0.2, 0.25) is 5.79 Å². The third kappa shape index (κ3) is 4.70. The van der Waals surface area contributed by atoms with Crippen molar-refractivity contribution in [3.8, 4) is 0 Å². The molecule has 6 nitrogen and oxygen atoms in total. The van der Waals surface area contributed by atoms with Gasteiger partial charge in [0.05, 0.1) is 13.2 Å². The molecule has 0 amide bonds. The van der Waals surface area contributed by atoms with Crippen LogP contribution in [-0.2, 0) is 24.3 Å². The van der Waals surface area contributed by atoms with Crippen molar-refractivity contribution in [3.05, 3.63) is 0 Å². The van der Waals surface area contributed by atoms with Crippen molar-refractivity contribution in [2.75, 3.05) is 13.2 Å². The standard InChI is InChI=1S/C14H24O6/c15-13(16)12-10-17-19-14(20-18-11-12)8-6-4-2-1-3-5-7-9-14/h12H,1-11H2,(H,15,16). The molecule has 20 heavy (non-hydrogen) atoms. The molecule has 0 atom stereocenters. The second-order valence-corrected chi connectivity index (χ2v) is 5.66. The van der Waals surface area contributed by atoms with Gasteiger partial charge in [-0.15, -0.1) is 0 Å². The number of carboxylic acid groups (broad SMARTS) is 1. The van der Waals surface area contributed by atoms with Crippen molar-refractivity contribution in [3.63, 3.8) is 0 Å². The summed E-state index contributed by atoms with van der Waals surface area (Å²) >= 11 is 0. The molecular weight excluding hydrogens is 264 g/mol.